The number of hydrogen-bond donors (Lipinski definition) is 1. The van der Waals surface area contributed by atoms with Crippen molar-refractivity contribution < 1.29 is 17.9 Å². The molecule has 2 nitrogen and oxygen atoms in total. The topological polar surface area (TPSA) is 12.5 Å². The zero-order valence-corrected chi connectivity index (χ0v) is 11.7. The third-order valence-electron chi connectivity index (χ3n) is 3.08. The number of ether oxygens (including phenoxy) is 1. The maximum absolute atomic E-state index is 12.9. The minimum atomic E-state index is -4.38. The lowest BCUT2D eigenvalue weighted by Crippen LogP contribution is -2.48. The van der Waals surface area contributed by atoms with Gasteiger partial charge in [-0.3, -0.25) is 0 Å². The van der Waals surface area contributed by atoms with Crippen LogP contribution in [0, 0.1) is 0 Å². The van der Waals surface area contributed by atoms with Crippen LogP contribution >= 0.6 is 12.6 Å². The Morgan fingerprint density at radius 2 is 2.00 bits per heavy atom. The lowest BCUT2D eigenvalue weighted by Gasteiger charge is -2.39. The van der Waals surface area contributed by atoms with Crippen LogP contribution in [-0.4, -0.2) is 25.3 Å². The third kappa shape index (κ3) is 3.36. The highest BCUT2D eigenvalue weighted by Gasteiger charge is 2.34. The summed E-state index contributed by atoms with van der Waals surface area (Å²) in [4.78, 5) is 1.86. The summed E-state index contributed by atoms with van der Waals surface area (Å²) in [7, 11) is 0. The first-order chi connectivity index (χ1) is 8.69. The minimum Gasteiger partial charge on any atom is -0.372 e. The number of halogens is 3. The smallest absolute Gasteiger partial charge is 0.372 e. The lowest BCUT2D eigenvalue weighted by atomic mass is 10.1. The van der Waals surface area contributed by atoms with Crippen molar-refractivity contribution in [3.05, 3.63) is 23.8 Å². The van der Waals surface area contributed by atoms with Gasteiger partial charge in [0, 0.05) is 23.7 Å². The molecule has 0 radical (unpaired) electrons. The molecule has 2 rings (SSSR count). The van der Waals surface area contributed by atoms with Crippen LogP contribution in [0.3, 0.4) is 0 Å². The van der Waals surface area contributed by atoms with E-state index in [1.165, 1.54) is 6.07 Å². The Balaban J connectivity index is 2.31. The summed E-state index contributed by atoms with van der Waals surface area (Å²) in [5.41, 5.74) is -0.491. The molecule has 106 valence electrons. The van der Waals surface area contributed by atoms with Gasteiger partial charge in [0.1, 0.15) is 0 Å². The maximum Gasteiger partial charge on any atom is 0.417 e. The predicted octanol–water partition coefficient (Wildman–Crippen LogP) is 3.61. The van der Waals surface area contributed by atoms with Gasteiger partial charge in [-0.15, -0.1) is 12.6 Å². The average Bonchev–Trinajstić information content (AvgIpc) is 2.26. The van der Waals surface area contributed by atoms with Gasteiger partial charge in [0.05, 0.1) is 17.8 Å². The van der Waals surface area contributed by atoms with E-state index >= 15 is 0 Å². The Kier molecular flexibility index (Phi) is 3.75. The minimum absolute atomic E-state index is 0.0521. The normalized spacial score (nSPS) is 19.6. The number of morpholine rings is 1. The molecule has 0 bridgehead atoms. The Morgan fingerprint density at radius 1 is 1.32 bits per heavy atom. The van der Waals surface area contributed by atoms with Crippen molar-refractivity contribution in [3.63, 3.8) is 0 Å². The van der Waals surface area contributed by atoms with Crippen LogP contribution in [0.4, 0.5) is 18.9 Å². The summed E-state index contributed by atoms with van der Waals surface area (Å²) in [5.74, 6) is 0. The van der Waals surface area contributed by atoms with Crippen molar-refractivity contribution in [2.75, 3.05) is 24.6 Å². The van der Waals surface area contributed by atoms with E-state index in [4.69, 9.17) is 4.74 Å². The molecule has 0 atom stereocenters. The Morgan fingerprint density at radius 3 is 2.58 bits per heavy atom. The number of benzene rings is 1. The van der Waals surface area contributed by atoms with Crippen LogP contribution in [0.1, 0.15) is 19.4 Å². The molecule has 6 heteroatoms. The highest BCUT2D eigenvalue weighted by molar-refractivity contribution is 7.80. The maximum atomic E-state index is 12.9. The predicted molar refractivity (Wildman–Crippen MR) is 70.9 cm³/mol. The molecular formula is C13H16F3NOS. The van der Waals surface area contributed by atoms with E-state index in [-0.39, 0.29) is 10.5 Å². The van der Waals surface area contributed by atoms with Gasteiger partial charge in [0.2, 0.25) is 0 Å². The van der Waals surface area contributed by atoms with E-state index in [0.717, 1.165) is 6.07 Å². The second-order valence-electron chi connectivity index (χ2n) is 5.23. The fraction of sp³-hybridized carbons (Fsp3) is 0.538. The van der Waals surface area contributed by atoms with E-state index in [2.05, 4.69) is 12.6 Å². The molecule has 1 aromatic carbocycles. The zero-order chi connectivity index (χ0) is 14.3. The van der Waals surface area contributed by atoms with E-state index in [1.807, 2.05) is 18.7 Å². The largest absolute Gasteiger partial charge is 0.417 e. The second kappa shape index (κ2) is 4.90. The summed E-state index contributed by atoms with van der Waals surface area (Å²) in [6, 6.07) is 4.21. The first-order valence-corrected chi connectivity index (χ1v) is 6.43. The molecule has 1 fully saturated rings. The molecule has 0 unspecified atom stereocenters. The van der Waals surface area contributed by atoms with E-state index in [0.29, 0.717) is 25.4 Å². The molecular weight excluding hydrogens is 275 g/mol. The van der Waals surface area contributed by atoms with Gasteiger partial charge < -0.3 is 9.64 Å². The molecule has 1 heterocycles. The van der Waals surface area contributed by atoms with Crippen molar-refractivity contribution >= 4 is 18.3 Å². The summed E-state index contributed by atoms with van der Waals surface area (Å²) in [6.07, 6.45) is -4.38. The van der Waals surface area contributed by atoms with Crippen molar-refractivity contribution in [1.82, 2.24) is 0 Å². The van der Waals surface area contributed by atoms with Gasteiger partial charge in [-0.25, -0.2) is 0 Å². The summed E-state index contributed by atoms with van der Waals surface area (Å²) >= 11 is 3.87. The van der Waals surface area contributed by atoms with E-state index < -0.39 is 11.7 Å². The number of rotatable bonds is 1. The molecule has 19 heavy (non-hydrogen) atoms. The highest BCUT2D eigenvalue weighted by atomic mass is 32.1. The molecule has 1 aliphatic heterocycles. The quantitative estimate of drug-likeness (QED) is 0.794. The van der Waals surface area contributed by atoms with Gasteiger partial charge in [-0.2, -0.15) is 13.2 Å². The van der Waals surface area contributed by atoms with Crippen LogP contribution in [0.25, 0.3) is 0 Å². The van der Waals surface area contributed by atoms with E-state index in [9.17, 15) is 13.2 Å². The van der Waals surface area contributed by atoms with Gasteiger partial charge >= 0.3 is 6.18 Å². The summed E-state index contributed by atoms with van der Waals surface area (Å²) in [5, 5.41) is 0. The van der Waals surface area contributed by atoms with Crippen LogP contribution in [0.2, 0.25) is 0 Å². The molecule has 1 aliphatic rings. The highest BCUT2D eigenvalue weighted by Crippen LogP contribution is 2.36. The number of hydrogen-bond acceptors (Lipinski definition) is 3. The molecule has 1 saturated heterocycles. The van der Waals surface area contributed by atoms with Gasteiger partial charge in [0.15, 0.2) is 0 Å². The molecule has 0 saturated carbocycles. The van der Waals surface area contributed by atoms with Crippen molar-refractivity contribution in [3.8, 4) is 0 Å². The fourth-order valence-corrected chi connectivity index (χ4v) is 2.45. The van der Waals surface area contributed by atoms with Crippen LogP contribution in [0.15, 0.2) is 23.1 Å². The van der Waals surface area contributed by atoms with Gasteiger partial charge in [-0.05, 0) is 32.0 Å². The Hall–Kier alpha value is -0.880. The fourth-order valence-electron chi connectivity index (χ4n) is 2.18. The number of nitrogens with zero attached hydrogens (tertiary/aromatic N) is 1. The first-order valence-electron chi connectivity index (χ1n) is 5.98. The zero-order valence-electron chi connectivity index (χ0n) is 10.8. The van der Waals surface area contributed by atoms with Crippen molar-refractivity contribution in [2.24, 2.45) is 0 Å². The lowest BCUT2D eigenvalue weighted by molar-refractivity contribution is -0.139. The van der Waals surface area contributed by atoms with Crippen LogP contribution < -0.4 is 4.90 Å². The third-order valence-corrected chi connectivity index (χ3v) is 3.47. The standard InChI is InChI=1S/C13H16F3NOS/c1-12(2)8-17(5-6-18-12)9-3-4-11(19)10(7-9)13(14,15)16/h3-4,7,19H,5-6,8H2,1-2H3. The molecule has 1 aromatic rings. The number of thiol groups is 1. The molecule has 0 amide bonds. The van der Waals surface area contributed by atoms with E-state index in [1.54, 1.807) is 6.07 Å². The summed E-state index contributed by atoms with van der Waals surface area (Å²) in [6.45, 7) is 5.52. The van der Waals surface area contributed by atoms with Crippen LogP contribution in [-0.2, 0) is 10.9 Å². The second-order valence-corrected chi connectivity index (χ2v) is 5.71. The first kappa shape index (κ1) is 14.5. The molecule has 0 aromatic heterocycles. The van der Waals surface area contributed by atoms with Crippen molar-refractivity contribution in [1.29, 1.82) is 0 Å². The average molecular weight is 291 g/mol. The number of alkyl halides is 3. The SMILES string of the molecule is CC1(C)CN(c2ccc(S)c(C(F)(F)F)c2)CCO1. The Bertz CT molecular complexity index is 473. The molecule has 0 aliphatic carbocycles. The molecule has 0 spiro atoms. The van der Waals surface area contributed by atoms with Crippen molar-refractivity contribution in [2.45, 2.75) is 30.5 Å². The summed E-state index contributed by atoms with van der Waals surface area (Å²) < 4.78 is 44.1. The monoisotopic (exact) mass is 291 g/mol. The van der Waals surface area contributed by atoms with Gasteiger partial charge in [0.25, 0.3) is 0 Å². The van der Waals surface area contributed by atoms with Gasteiger partial charge in [-0.1, -0.05) is 0 Å². The molecule has 0 N–H and O–H groups in total. The number of anilines is 1. The van der Waals surface area contributed by atoms with Crippen LogP contribution in [0.5, 0.6) is 0 Å². The Labute approximate surface area is 116 Å².